The minimum atomic E-state index is -4.12. The predicted octanol–water partition coefficient (Wildman–Crippen LogP) is 2.90. The number of ether oxygens (including phenoxy) is 1. The Balaban J connectivity index is 1.54. The summed E-state index contributed by atoms with van der Waals surface area (Å²) in [5, 5.41) is 0. The lowest BCUT2D eigenvalue weighted by molar-refractivity contribution is -0.215. The van der Waals surface area contributed by atoms with Crippen molar-refractivity contribution in [2.24, 2.45) is 5.41 Å². The summed E-state index contributed by atoms with van der Waals surface area (Å²) in [4.78, 5) is 4.00. The molecular formula is C16H27F3N2O. The lowest BCUT2D eigenvalue weighted by atomic mass is 9.50. The topological polar surface area (TPSA) is 15.7 Å². The molecule has 3 rings (SSSR count). The molecule has 1 spiro atoms. The summed E-state index contributed by atoms with van der Waals surface area (Å²) < 4.78 is 44.3. The lowest BCUT2D eigenvalue weighted by Crippen LogP contribution is -2.70. The first kappa shape index (κ1) is 16.5. The Morgan fingerprint density at radius 2 is 1.82 bits per heavy atom. The molecule has 0 aromatic carbocycles. The summed E-state index contributed by atoms with van der Waals surface area (Å²) >= 11 is 0. The van der Waals surface area contributed by atoms with E-state index in [-0.39, 0.29) is 0 Å². The van der Waals surface area contributed by atoms with Gasteiger partial charge in [-0.3, -0.25) is 9.80 Å². The summed E-state index contributed by atoms with van der Waals surface area (Å²) in [6.45, 7) is 6.63. The zero-order chi connectivity index (χ0) is 16.0. The Morgan fingerprint density at radius 1 is 1.18 bits per heavy atom. The first-order chi connectivity index (χ1) is 10.4. The first-order valence-corrected chi connectivity index (χ1v) is 8.55. The second-order valence-corrected chi connectivity index (χ2v) is 7.07. The minimum absolute atomic E-state index is 0.313. The highest BCUT2D eigenvalue weighted by Crippen LogP contribution is 2.59. The Bertz CT molecular complexity index is 389. The van der Waals surface area contributed by atoms with E-state index in [1.165, 1.54) is 26.2 Å². The molecule has 3 nitrogen and oxygen atoms in total. The second kappa shape index (κ2) is 5.95. The lowest BCUT2D eigenvalue weighted by Gasteiger charge is -2.64. The summed E-state index contributed by atoms with van der Waals surface area (Å²) in [5.74, 6) is 0. The summed E-state index contributed by atoms with van der Waals surface area (Å²) in [7, 11) is 0. The van der Waals surface area contributed by atoms with E-state index in [1.807, 2.05) is 6.92 Å². The fourth-order valence-corrected chi connectivity index (χ4v) is 4.56. The SMILES string of the molecule is CCOC1CC(N2CCN(C(C)C(F)(F)F)CC2)C12CCC2. The van der Waals surface area contributed by atoms with Crippen LogP contribution >= 0.6 is 0 Å². The first-order valence-electron chi connectivity index (χ1n) is 8.55. The van der Waals surface area contributed by atoms with Gasteiger partial charge in [0.25, 0.3) is 0 Å². The molecule has 2 saturated carbocycles. The molecule has 6 heteroatoms. The van der Waals surface area contributed by atoms with Crippen LogP contribution in [0.25, 0.3) is 0 Å². The number of hydrogen-bond donors (Lipinski definition) is 0. The maximum atomic E-state index is 12.8. The van der Waals surface area contributed by atoms with Crippen LogP contribution in [0.1, 0.15) is 39.5 Å². The third-order valence-electron chi connectivity index (χ3n) is 6.21. The molecule has 1 aliphatic heterocycles. The normalized spacial score (nSPS) is 34.2. The predicted molar refractivity (Wildman–Crippen MR) is 78.8 cm³/mol. The molecule has 0 radical (unpaired) electrons. The quantitative estimate of drug-likeness (QED) is 0.792. The molecule has 2 aliphatic carbocycles. The maximum Gasteiger partial charge on any atom is 0.403 e. The number of hydrogen-bond acceptors (Lipinski definition) is 3. The second-order valence-electron chi connectivity index (χ2n) is 7.07. The van der Waals surface area contributed by atoms with E-state index in [2.05, 4.69) is 4.90 Å². The smallest absolute Gasteiger partial charge is 0.378 e. The molecule has 3 unspecified atom stereocenters. The molecule has 128 valence electrons. The number of piperazine rings is 1. The van der Waals surface area contributed by atoms with Crippen molar-refractivity contribution in [2.75, 3.05) is 32.8 Å². The van der Waals surface area contributed by atoms with Gasteiger partial charge in [-0.15, -0.1) is 0 Å². The molecule has 3 atom stereocenters. The molecule has 3 fully saturated rings. The fraction of sp³-hybridized carbons (Fsp3) is 1.00. The van der Waals surface area contributed by atoms with Crippen molar-refractivity contribution in [3.05, 3.63) is 0 Å². The zero-order valence-electron chi connectivity index (χ0n) is 13.5. The van der Waals surface area contributed by atoms with Gasteiger partial charge in [0.1, 0.15) is 6.04 Å². The Kier molecular flexibility index (Phi) is 4.47. The van der Waals surface area contributed by atoms with Gasteiger partial charge in [0.05, 0.1) is 6.10 Å². The zero-order valence-corrected chi connectivity index (χ0v) is 13.5. The van der Waals surface area contributed by atoms with Crippen LogP contribution in [0.4, 0.5) is 13.2 Å². The van der Waals surface area contributed by atoms with E-state index in [1.54, 1.807) is 4.90 Å². The van der Waals surface area contributed by atoms with Gasteiger partial charge in [-0.25, -0.2) is 0 Å². The minimum Gasteiger partial charge on any atom is -0.378 e. The molecule has 0 amide bonds. The van der Waals surface area contributed by atoms with E-state index in [0.29, 0.717) is 30.7 Å². The molecule has 0 aromatic rings. The van der Waals surface area contributed by atoms with Gasteiger partial charge in [0.2, 0.25) is 0 Å². The van der Waals surface area contributed by atoms with Crippen LogP contribution in [-0.2, 0) is 4.74 Å². The average molecular weight is 320 g/mol. The molecule has 3 aliphatic rings. The van der Waals surface area contributed by atoms with Crippen LogP contribution in [0.3, 0.4) is 0 Å². The van der Waals surface area contributed by atoms with Crippen LogP contribution in [-0.4, -0.2) is 66.9 Å². The van der Waals surface area contributed by atoms with Crippen molar-refractivity contribution in [2.45, 2.75) is 63.9 Å². The molecule has 22 heavy (non-hydrogen) atoms. The maximum absolute atomic E-state index is 12.8. The molecular weight excluding hydrogens is 293 g/mol. The van der Waals surface area contributed by atoms with Gasteiger partial charge in [-0.2, -0.15) is 13.2 Å². The number of halogens is 3. The Morgan fingerprint density at radius 3 is 2.27 bits per heavy atom. The van der Waals surface area contributed by atoms with Crippen LogP contribution in [0, 0.1) is 5.41 Å². The van der Waals surface area contributed by atoms with Crippen molar-refractivity contribution in [3.63, 3.8) is 0 Å². The molecule has 0 aromatic heterocycles. The van der Waals surface area contributed by atoms with E-state index >= 15 is 0 Å². The Labute approximate surface area is 130 Å². The summed E-state index contributed by atoms with van der Waals surface area (Å²) in [6, 6.07) is -0.800. The van der Waals surface area contributed by atoms with E-state index in [4.69, 9.17) is 4.74 Å². The van der Waals surface area contributed by atoms with E-state index in [9.17, 15) is 13.2 Å². The van der Waals surface area contributed by atoms with Crippen LogP contribution in [0.15, 0.2) is 0 Å². The summed E-state index contributed by atoms with van der Waals surface area (Å²) in [5.41, 5.74) is 0.313. The number of rotatable bonds is 4. The van der Waals surface area contributed by atoms with Gasteiger partial charge >= 0.3 is 6.18 Å². The van der Waals surface area contributed by atoms with Gasteiger partial charge < -0.3 is 4.74 Å². The molecule has 1 heterocycles. The van der Waals surface area contributed by atoms with Gasteiger partial charge in [-0.05, 0) is 33.1 Å². The Hall–Kier alpha value is -0.330. The van der Waals surface area contributed by atoms with Crippen molar-refractivity contribution in [1.29, 1.82) is 0 Å². The largest absolute Gasteiger partial charge is 0.403 e. The highest BCUT2D eigenvalue weighted by atomic mass is 19.4. The summed E-state index contributed by atoms with van der Waals surface area (Å²) in [6.07, 6.45) is 1.04. The van der Waals surface area contributed by atoms with Crippen LogP contribution in [0.5, 0.6) is 0 Å². The van der Waals surface area contributed by atoms with Gasteiger partial charge in [0, 0.05) is 44.2 Å². The highest BCUT2D eigenvalue weighted by molar-refractivity contribution is 5.13. The van der Waals surface area contributed by atoms with Gasteiger partial charge in [0.15, 0.2) is 0 Å². The van der Waals surface area contributed by atoms with Crippen molar-refractivity contribution in [1.82, 2.24) is 9.80 Å². The van der Waals surface area contributed by atoms with Crippen molar-refractivity contribution >= 4 is 0 Å². The molecule has 1 saturated heterocycles. The monoisotopic (exact) mass is 320 g/mol. The van der Waals surface area contributed by atoms with E-state index in [0.717, 1.165) is 26.1 Å². The number of nitrogens with zero attached hydrogens (tertiary/aromatic N) is 2. The van der Waals surface area contributed by atoms with E-state index < -0.39 is 12.2 Å². The van der Waals surface area contributed by atoms with Crippen molar-refractivity contribution in [3.8, 4) is 0 Å². The highest BCUT2D eigenvalue weighted by Gasteiger charge is 2.60. The van der Waals surface area contributed by atoms with Gasteiger partial charge in [-0.1, -0.05) is 6.42 Å². The third kappa shape index (κ3) is 2.67. The fourth-order valence-electron chi connectivity index (χ4n) is 4.56. The standard InChI is InChI=1S/C16H27F3N2O/c1-3-22-14-11-13(15(14)5-4-6-15)21-9-7-20(8-10-21)12(2)16(17,18)19/h12-14H,3-11H2,1-2H3. The van der Waals surface area contributed by atoms with Crippen LogP contribution < -0.4 is 0 Å². The van der Waals surface area contributed by atoms with Crippen molar-refractivity contribution < 1.29 is 17.9 Å². The third-order valence-corrected chi connectivity index (χ3v) is 6.21. The molecule has 0 bridgehead atoms. The average Bonchev–Trinajstić information content (AvgIpc) is 2.40. The molecule has 0 N–H and O–H groups in total. The number of alkyl halides is 3. The van der Waals surface area contributed by atoms with Crippen LogP contribution in [0.2, 0.25) is 0 Å².